The van der Waals surface area contributed by atoms with Crippen molar-refractivity contribution in [3.63, 3.8) is 0 Å². The lowest BCUT2D eigenvalue weighted by molar-refractivity contribution is -0.115. The molecule has 0 unspecified atom stereocenters. The average Bonchev–Trinajstić information content (AvgIpc) is 3.28. The van der Waals surface area contributed by atoms with Crippen LogP contribution in [-0.2, 0) is 12.8 Å². The van der Waals surface area contributed by atoms with Gasteiger partial charge in [0.1, 0.15) is 6.54 Å². The molecule has 1 fully saturated rings. The largest absolute Gasteiger partial charge is 0.405 e. The summed E-state index contributed by atoms with van der Waals surface area (Å²) in [7, 11) is 0. The van der Waals surface area contributed by atoms with Gasteiger partial charge in [-0.1, -0.05) is 24.3 Å². The van der Waals surface area contributed by atoms with Gasteiger partial charge in [-0.3, -0.25) is 0 Å². The highest BCUT2D eigenvalue weighted by Gasteiger charge is 2.28. The third kappa shape index (κ3) is 4.40. The van der Waals surface area contributed by atoms with Crippen molar-refractivity contribution < 1.29 is 13.2 Å². The van der Waals surface area contributed by atoms with Crippen molar-refractivity contribution in [3.05, 3.63) is 35.4 Å². The number of hydrogen-bond acceptors (Lipinski definition) is 6. The molecule has 0 amide bonds. The number of rotatable bonds is 5. The number of anilines is 3. The molecule has 1 aliphatic carbocycles. The van der Waals surface area contributed by atoms with E-state index < -0.39 is 12.7 Å². The molecule has 0 bridgehead atoms. The lowest BCUT2D eigenvalue weighted by Crippen LogP contribution is -2.27. The van der Waals surface area contributed by atoms with Crippen LogP contribution in [0, 0.1) is 0 Å². The number of benzene rings is 1. The van der Waals surface area contributed by atoms with E-state index >= 15 is 0 Å². The number of nitrogens with one attached hydrogen (secondary N) is 2. The van der Waals surface area contributed by atoms with Crippen LogP contribution in [-0.4, -0.2) is 46.8 Å². The molecular formula is C18H21F3N6. The van der Waals surface area contributed by atoms with E-state index in [2.05, 4.69) is 37.7 Å². The molecule has 9 heteroatoms. The monoisotopic (exact) mass is 378 g/mol. The summed E-state index contributed by atoms with van der Waals surface area (Å²) in [5.41, 5.74) is 2.55. The lowest BCUT2D eigenvalue weighted by atomic mass is 10.1. The Morgan fingerprint density at radius 1 is 0.963 bits per heavy atom. The van der Waals surface area contributed by atoms with Crippen molar-refractivity contribution >= 4 is 17.8 Å². The maximum Gasteiger partial charge on any atom is 0.405 e. The van der Waals surface area contributed by atoms with Crippen molar-refractivity contribution in [1.82, 2.24) is 15.0 Å². The maximum absolute atomic E-state index is 12.6. The van der Waals surface area contributed by atoms with Crippen molar-refractivity contribution in [2.24, 2.45) is 0 Å². The first kappa shape index (κ1) is 17.8. The van der Waals surface area contributed by atoms with Crippen LogP contribution >= 0.6 is 0 Å². The highest BCUT2D eigenvalue weighted by Crippen LogP contribution is 2.25. The minimum absolute atomic E-state index is 0.0535. The lowest BCUT2D eigenvalue weighted by Gasteiger charge is -2.19. The van der Waals surface area contributed by atoms with E-state index in [0.717, 1.165) is 38.8 Å². The Kier molecular flexibility index (Phi) is 4.75. The second-order valence-electron chi connectivity index (χ2n) is 6.96. The molecule has 0 atom stereocenters. The highest BCUT2D eigenvalue weighted by atomic mass is 19.4. The second kappa shape index (κ2) is 7.21. The van der Waals surface area contributed by atoms with Crippen molar-refractivity contribution in [1.29, 1.82) is 0 Å². The van der Waals surface area contributed by atoms with Gasteiger partial charge in [0.25, 0.3) is 0 Å². The van der Waals surface area contributed by atoms with E-state index in [9.17, 15) is 13.2 Å². The molecule has 0 radical (unpaired) electrons. The van der Waals surface area contributed by atoms with Crippen LogP contribution < -0.4 is 15.5 Å². The fraction of sp³-hybridized carbons (Fsp3) is 0.500. The normalized spacial score (nSPS) is 17.2. The van der Waals surface area contributed by atoms with Crippen molar-refractivity contribution in [2.45, 2.75) is 37.9 Å². The zero-order valence-electron chi connectivity index (χ0n) is 14.8. The number of fused-ring (bicyclic) bond motifs is 1. The van der Waals surface area contributed by atoms with Crippen molar-refractivity contribution in [2.75, 3.05) is 35.2 Å². The quantitative estimate of drug-likeness (QED) is 0.834. The molecule has 27 heavy (non-hydrogen) atoms. The van der Waals surface area contributed by atoms with Crippen LogP contribution in [0.3, 0.4) is 0 Å². The molecule has 6 nitrogen and oxygen atoms in total. The van der Waals surface area contributed by atoms with Gasteiger partial charge in [0.15, 0.2) is 0 Å². The molecule has 2 heterocycles. The van der Waals surface area contributed by atoms with Crippen LogP contribution in [0.1, 0.15) is 24.0 Å². The van der Waals surface area contributed by atoms with Crippen LogP contribution in [0.2, 0.25) is 0 Å². The molecular weight excluding hydrogens is 357 g/mol. The number of aromatic nitrogens is 3. The smallest absolute Gasteiger partial charge is 0.351 e. The molecule has 1 saturated heterocycles. The number of nitrogens with zero attached hydrogens (tertiary/aromatic N) is 4. The van der Waals surface area contributed by atoms with Gasteiger partial charge in [-0.05, 0) is 36.8 Å². The Morgan fingerprint density at radius 3 is 2.22 bits per heavy atom. The van der Waals surface area contributed by atoms with E-state index in [1.165, 1.54) is 11.1 Å². The molecule has 4 rings (SSSR count). The van der Waals surface area contributed by atoms with Gasteiger partial charge in [-0.15, -0.1) is 0 Å². The summed E-state index contributed by atoms with van der Waals surface area (Å²) >= 11 is 0. The predicted molar refractivity (Wildman–Crippen MR) is 97.1 cm³/mol. The summed E-state index contributed by atoms with van der Waals surface area (Å²) in [6.45, 7) is 0.429. The van der Waals surface area contributed by atoms with Gasteiger partial charge >= 0.3 is 6.18 Å². The summed E-state index contributed by atoms with van der Waals surface area (Å²) in [5, 5.41) is 5.56. The molecule has 2 N–H and O–H groups in total. The zero-order valence-corrected chi connectivity index (χ0v) is 14.8. The van der Waals surface area contributed by atoms with Gasteiger partial charge in [0.05, 0.1) is 0 Å². The minimum atomic E-state index is -4.33. The second-order valence-corrected chi connectivity index (χ2v) is 6.96. The molecule has 2 aliphatic rings. The van der Waals surface area contributed by atoms with E-state index in [0.29, 0.717) is 11.9 Å². The Balaban J connectivity index is 1.53. The standard InChI is InChI=1S/C18H21F3N6/c19-18(20,21)11-22-15-24-16(26-17(25-15)27-7-3-4-8-27)23-14-9-12-5-1-2-6-13(12)10-14/h1-2,5-6,14H,3-4,7-11H2,(H2,22,23,24,25,26). The first-order valence-corrected chi connectivity index (χ1v) is 9.11. The molecule has 1 aliphatic heterocycles. The van der Waals surface area contributed by atoms with Crippen LogP contribution in [0.25, 0.3) is 0 Å². The average molecular weight is 378 g/mol. The first-order chi connectivity index (χ1) is 13.0. The molecule has 2 aromatic rings. The van der Waals surface area contributed by atoms with Gasteiger partial charge in [0, 0.05) is 19.1 Å². The molecule has 0 spiro atoms. The van der Waals surface area contributed by atoms with Gasteiger partial charge in [-0.25, -0.2) is 0 Å². The fourth-order valence-corrected chi connectivity index (χ4v) is 3.59. The summed E-state index contributed by atoms with van der Waals surface area (Å²) in [6.07, 6.45) is -0.602. The Bertz CT molecular complexity index is 779. The minimum Gasteiger partial charge on any atom is -0.351 e. The molecule has 1 aromatic carbocycles. The Hall–Kier alpha value is -2.58. The third-order valence-corrected chi connectivity index (χ3v) is 4.84. The highest BCUT2D eigenvalue weighted by molar-refractivity contribution is 5.46. The number of halogens is 3. The van der Waals surface area contributed by atoms with Gasteiger partial charge in [-0.2, -0.15) is 28.1 Å². The van der Waals surface area contributed by atoms with Crippen LogP contribution in [0.4, 0.5) is 31.0 Å². The molecule has 144 valence electrons. The zero-order chi connectivity index (χ0) is 18.9. The van der Waals surface area contributed by atoms with E-state index in [1.54, 1.807) is 0 Å². The fourth-order valence-electron chi connectivity index (χ4n) is 3.59. The van der Waals surface area contributed by atoms with Crippen LogP contribution in [0.15, 0.2) is 24.3 Å². The Labute approximate surface area is 155 Å². The van der Waals surface area contributed by atoms with Gasteiger partial charge < -0.3 is 15.5 Å². The van der Waals surface area contributed by atoms with Crippen LogP contribution in [0.5, 0.6) is 0 Å². The SMILES string of the molecule is FC(F)(F)CNc1nc(NC2Cc3ccccc3C2)nc(N2CCCC2)n1. The summed E-state index contributed by atoms with van der Waals surface area (Å²) in [6, 6.07) is 8.32. The maximum atomic E-state index is 12.6. The Morgan fingerprint density at radius 2 is 1.59 bits per heavy atom. The summed E-state index contributed by atoms with van der Waals surface area (Å²) in [4.78, 5) is 14.8. The summed E-state index contributed by atoms with van der Waals surface area (Å²) < 4.78 is 37.7. The van der Waals surface area contributed by atoms with Crippen molar-refractivity contribution in [3.8, 4) is 0 Å². The molecule has 0 saturated carbocycles. The molecule has 1 aromatic heterocycles. The van der Waals surface area contributed by atoms with E-state index in [4.69, 9.17) is 0 Å². The van der Waals surface area contributed by atoms with Gasteiger partial charge in [0.2, 0.25) is 17.8 Å². The van der Waals surface area contributed by atoms with E-state index in [-0.39, 0.29) is 12.0 Å². The summed E-state index contributed by atoms with van der Waals surface area (Å²) in [5.74, 6) is 0.682. The number of alkyl halides is 3. The van der Waals surface area contributed by atoms with E-state index in [1.807, 2.05) is 17.0 Å². The topological polar surface area (TPSA) is 66.0 Å². The third-order valence-electron chi connectivity index (χ3n) is 4.84. The first-order valence-electron chi connectivity index (χ1n) is 9.11. The number of hydrogen-bond donors (Lipinski definition) is 2. The predicted octanol–water partition coefficient (Wildman–Crippen LogP) is 3.03.